The average molecular weight is 265 g/mol. The third-order valence-electron chi connectivity index (χ3n) is 3.12. The Kier molecular flexibility index (Phi) is 4.01. The van der Waals surface area contributed by atoms with E-state index in [1.165, 1.54) is 0 Å². The van der Waals surface area contributed by atoms with Crippen molar-refractivity contribution in [2.45, 2.75) is 19.4 Å². The van der Waals surface area contributed by atoms with Gasteiger partial charge in [0.05, 0.1) is 18.1 Å². The molecule has 2 N–H and O–H groups in total. The van der Waals surface area contributed by atoms with Crippen molar-refractivity contribution in [3.63, 3.8) is 0 Å². The molecule has 0 saturated heterocycles. The van der Waals surface area contributed by atoms with Gasteiger partial charge in [0.15, 0.2) is 0 Å². The van der Waals surface area contributed by atoms with Gasteiger partial charge in [0.1, 0.15) is 5.75 Å². The normalized spacial score (nSPS) is 12.8. The van der Waals surface area contributed by atoms with Crippen LogP contribution in [0.25, 0.3) is 11.0 Å². The molecule has 0 fully saturated rings. The molecule has 1 aromatic heterocycles. The Bertz CT molecular complexity index is 538. The molecule has 4 nitrogen and oxygen atoms in total. The van der Waals surface area contributed by atoms with Crippen LogP contribution >= 0.6 is 11.8 Å². The summed E-state index contributed by atoms with van der Waals surface area (Å²) in [6, 6.07) is 6.29. The second-order valence-electron chi connectivity index (χ2n) is 4.21. The molecule has 98 valence electrons. The molecule has 2 aromatic rings. The van der Waals surface area contributed by atoms with Crippen molar-refractivity contribution in [2.24, 2.45) is 0 Å². The molecule has 1 heterocycles. The van der Waals surface area contributed by atoms with E-state index < -0.39 is 0 Å². The summed E-state index contributed by atoms with van der Waals surface area (Å²) in [5, 5.41) is 0. The molecule has 0 saturated carbocycles. The predicted molar refractivity (Wildman–Crippen MR) is 78.4 cm³/mol. The highest BCUT2D eigenvalue weighted by Crippen LogP contribution is 2.28. The quantitative estimate of drug-likeness (QED) is 0.903. The van der Waals surface area contributed by atoms with E-state index >= 15 is 0 Å². The minimum absolute atomic E-state index is 0.387. The number of hydrogen-bond donors (Lipinski definition) is 1. The highest BCUT2D eigenvalue weighted by atomic mass is 32.2. The highest BCUT2D eigenvalue weighted by Gasteiger charge is 2.16. The summed E-state index contributed by atoms with van der Waals surface area (Å²) in [6.45, 7) is 2.18. The van der Waals surface area contributed by atoms with Crippen molar-refractivity contribution in [3.8, 4) is 5.75 Å². The molecule has 2 rings (SSSR count). The van der Waals surface area contributed by atoms with Gasteiger partial charge in [-0.25, -0.2) is 4.98 Å². The van der Waals surface area contributed by atoms with Gasteiger partial charge in [-0.2, -0.15) is 11.8 Å². The molecule has 18 heavy (non-hydrogen) atoms. The molecule has 0 aliphatic heterocycles. The van der Waals surface area contributed by atoms with Gasteiger partial charge in [-0.05, 0) is 24.8 Å². The number of benzene rings is 1. The summed E-state index contributed by atoms with van der Waals surface area (Å²) >= 11 is 1.83. The van der Waals surface area contributed by atoms with Gasteiger partial charge in [-0.1, -0.05) is 6.92 Å². The highest BCUT2D eigenvalue weighted by molar-refractivity contribution is 7.98. The van der Waals surface area contributed by atoms with Crippen LogP contribution in [-0.4, -0.2) is 28.7 Å². The number of hydrogen-bond acceptors (Lipinski definition) is 4. The number of rotatable bonds is 5. The van der Waals surface area contributed by atoms with Crippen LogP contribution in [0.4, 0.5) is 5.95 Å². The lowest BCUT2D eigenvalue weighted by Crippen LogP contribution is -2.13. The minimum atomic E-state index is 0.387. The molecular weight excluding hydrogens is 246 g/mol. The SMILES string of the molecule is CCC(CSC)n1c(N)nc2cc(OC)ccc21. The summed E-state index contributed by atoms with van der Waals surface area (Å²) in [5.74, 6) is 2.43. The van der Waals surface area contributed by atoms with Crippen LogP contribution in [0.1, 0.15) is 19.4 Å². The maximum Gasteiger partial charge on any atom is 0.201 e. The van der Waals surface area contributed by atoms with E-state index in [0.29, 0.717) is 12.0 Å². The standard InChI is InChI=1S/C13H19N3OS/c1-4-9(8-18-3)16-12-6-5-10(17-2)7-11(12)15-13(16)14/h5-7,9H,4,8H2,1-3H3,(H2,14,15). The third-order valence-corrected chi connectivity index (χ3v) is 3.84. The van der Waals surface area contributed by atoms with E-state index in [0.717, 1.165) is 29.0 Å². The minimum Gasteiger partial charge on any atom is -0.497 e. The van der Waals surface area contributed by atoms with Crippen LogP contribution in [0.15, 0.2) is 18.2 Å². The van der Waals surface area contributed by atoms with Crippen molar-refractivity contribution in [1.82, 2.24) is 9.55 Å². The van der Waals surface area contributed by atoms with E-state index in [9.17, 15) is 0 Å². The Morgan fingerprint density at radius 3 is 2.89 bits per heavy atom. The summed E-state index contributed by atoms with van der Waals surface area (Å²) in [5.41, 5.74) is 8.03. The predicted octanol–water partition coefficient (Wildman–Crippen LogP) is 2.94. The smallest absolute Gasteiger partial charge is 0.201 e. The Morgan fingerprint density at radius 2 is 2.28 bits per heavy atom. The monoisotopic (exact) mass is 265 g/mol. The fourth-order valence-electron chi connectivity index (χ4n) is 2.18. The van der Waals surface area contributed by atoms with E-state index in [-0.39, 0.29) is 0 Å². The lowest BCUT2D eigenvalue weighted by atomic mass is 10.2. The van der Waals surface area contributed by atoms with Crippen LogP contribution < -0.4 is 10.5 Å². The number of thioether (sulfide) groups is 1. The number of methoxy groups -OCH3 is 1. The number of anilines is 1. The van der Waals surface area contributed by atoms with Crippen molar-refractivity contribution >= 4 is 28.7 Å². The first-order chi connectivity index (χ1) is 8.71. The van der Waals surface area contributed by atoms with E-state index in [4.69, 9.17) is 10.5 Å². The number of imidazole rings is 1. The Morgan fingerprint density at radius 1 is 1.50 bits per heavy atom. The van der Waals surface area contributed by atoms with Gasteiger partial charge in [0.2, 0.25) is 5.95 Å². The lowest BCUT2D eigenvalue weighted by Gasteiger charge is -2.17. The Hall–Kier alpha value is -1.36. The Balaban J connectivity index is 2.52. The number of aromatic nitrogens is 2. The number of ether oxygens (including phenoxy) is 1. The largest absolute Gasteiger partial charge is 0.497 e. The van der Waals surface area contributed by atoms with Crippen LogP contribution in [0.2, 0.25) is 0 Å². The molecule has 0 radical (unpaired) electrons. The third kappa shape index (κ3) is 2.27. The average Bonchev–Trinajstić information content (AvgIpc) is 2.71. The van der Waals surface area contributed by atoms with Gasteiger partial charge in [0, 0.05) is 17.9 Å². The van der Waals surface area contributed by atoms with E-state index in [1.54, 1.807) is 7.11 Å². The van der Waals surface area contributed by atoms with Gasteiger partial charge in [-0.3, -0.25) is 0 Å². The summed E-state index contributed by atoms with van der Waals surface area (Å²) in [7, 11) is 1.66. The van der Waals surface area contributed by atoms with Crippen LogP contribution in [0, 0.1) is 0 Å². The first-order valence-electron chi connectivity index (χ1n) is 6.01. The van der Waals surface area contributed by atoms with Crippen LogP contribution in [0.5, 0.6) is 5.75 Å². The second-order valence-corrected chi connectivity index (χ2v) is 5.12. The molecule has 0 bridgehead atoms. The molecule has 5 heteroatoms. The summed E-state index contributed by atoms with van der Waals surface area (Å²) in [4.78, 5) is 4.42. The molecule has 1 unspecified atom stereocenters. The zero-order chi connectivity index (χ0) is 13.1. The van der Waals surface area contributed by atoms with Crippen molar-refractivity contribution < 1.29 is 4.74 Å². The molecule has 0 spiro atoms. The van der Waals surface area contributed by atoms with Crippen molar-refractivity contribution in [2.75, 3.05) is 24.9 Å². The maximum atomic E-state index is 6.05. The van der Waals surface area contributed by atoms with Crippen molar-refractivity contribution in [3.05, 3.63) is 18.2 Å². The van der Waals surface area contributed by atoms with E-state index in [1.807, 2.05) is 30.0 Å². The molecule has 0 aliphatic rings. The molecule has 1 aromatic carbocycles. The topological polar surface area (TPSA) is 53.1 Å². The number of nitrogen functional groups attached to an aromatic ring is 1. The fraction of sp³-hybridized carbons (Fsp3) is 0.462. The maximum absolute atomic E-state index is 6.05. The summed E-state index contributed by atoms with van der Waals surface area (Å²) < 4.78 is 7.34. The zero-order valence-electron chi connectivity index (χ0n) is 11.0. The number of nitrogens with zero attached hydrogens (tertiary/aromatic N) is 2. The molecule has 0 aliphatic carbocycles. The number of fused-ring (bicyclic) bond motifs is 1. The molecule has 0 amide bonds. The van der Waals surface area contributed by atoms with Gasteiger partial charge < -0.3 is 15.0 Å². The van der Waals surface area contributed by atoms with Gasteiger partial charge in [-0.15, -0.1) is 0 Å². The first kappa shape index (κ1) is 13.1. The van der Waals surface area contributed by atoms with Crippen LogP contribution in [0.3, 0.4) is 0 Å². The molecule has 1 atom stereocenters. The van der Waals surface area contributed by atoms with Crippen LogP contribution in [-0.2, 0) is 0 Å². The van der Waals surface area contributed by atoms with Gasteiger partial charge in [0.25, 0.3) is 0 Å². The lowest BCUT2D eigenvalue weighted by molar-refractivity contribution is 0.415. The van der Waals surface area contributed by atoms with Crippen molar-refractivity contribution in [1.29, 1.82) is 0 Å². The number of nitrogens with two attached hydrogens (primary N) is 1. The summed E-state index contributed by atoms with van der Waals surface area (Å²) in [6.07, 6.45) is 3.16. The zero-order valence-corrected chi connectivity index (χ0v) is 11.8. The molecular formula is C13H19N3OS. The Labute approximate surface area is 112 Å². The first-order valence-corrected chi connectivity index (χ1v) is 7.41. The second kappa shape index (κ2) is 5.52. The van der Waals surface area contributed by atoms with E-state index in [2.05, 4.69) is 22.7 Å². The van der Waals surface area contributed by atoms with Gasteiger partial charge >= 0.3 is 0 Å². The fourth-order valence-corrected chi connectivity index (χ4v) is 2.94.